The first kappa shape index (κ1) is 25.2. The lowest BCUT2D eigenvalue weighted by Gasteiger charge is -2.31. The summed E-state index contributed by atoms with van der Waals surface area (Å²) in [4.78, 5) is 27.7. The Kier molecular flexibility index (Phi) is 10.3. The number of nitrogens with one attached hydrogen (secondary N) is 1. The minimum atomic E-state index is -0.570. The summed E-state index contributed by atoms with van der Waals surface area (Å²) in [5.74, 6) is -0.277. The summed E-state index contributed by atoms with van der Waals surface area (Å²) in [5, 5.41) is 3.34. The first-order valence-electron chi connectivity index (χ1n) is 10.5. The number of amides is 2. The van der Waals surface area contributed by atoms with Gasteiger partial charge in [-0.15, -0.1) is 11.8 Å². The van der Waals surface area contributed by atoms with Crippen LogP contribution in [0.25, 0.3) is 0 Å². The van der Waals surface area contributed by atoms with Gasteiger partial charge < -0.3 is 10.2 Å². The van der Waals surface area contributed by atoms with Gasteiger partial charge in [0, 0.05) is 28.9 Å². The second-order valence-corrected chi connectivity index (χ2v) is 8.83. The molecule has 31 heavy (non-hydrogen) atoms. The van der Waals surface area contributed by atoms with Crippen molar-refractivity contribution in [2.45, 2.75) is 58.0 Å². The van der Waals surface area contributed by atoms with Crippen LogP contribution in [-0.2, 0) is 21.9 Å². The van der Waals surface area contributed by atoms with E-state index in [1.54, 1.807) is 17.0 Å². The summed E-state index contributed by atoms with van der Waals surface area (Å²) < 4.78 is 14.0. The Bertz CT molecular complexity index is 846. The molecule has 0 aliphatic heterocycles. The lowest BCUT2D eigenvalue weighted by Crippen LogP contribution is -2.51. The van der Waals surface area contributed by atoms with Gasteiger partial charge in [0.1, 0.15) is 11.9 Å². The lowest BCUT2D eigenvalue weighted by molar-refractivity contribution is -0.139. The molecule has 0 heterocycles. The van der Waals surface area contributed by atoms with Crippen molar-refractivity contribution in [1.29, 1.82) is 0 Å². The molecule has 0 spiro atoms. The third-order valence-corrected chi connectivity index (χ3v) is 6.41. The van der Waals surface area contributed by atoms with E-state index in [1.807, 2.05) is 51.1 Å². The molecule has 0 unspecified atom stereocenters. The normalized spacial score (nSPS) is 12.8. The molecule has 2 amide bonds. The molecular weight excluding hydrogens is 435 g/mol. The highest BCUT2D eigenvalue weighted by molar-refractivity contribution is 7.99. The van der Waals surface area contributed by atoms with Crippen molar-refractivity contribution < 1.29 is 14.0 Å². The average Bonchev–Trinajstić information content (AvgIpc) is 2.76. The number of benzene rings is 2. The summed E-state index contributed by atoms with van der Waals surface area (Å²) in [7, 11) is 0. The van der Waals surface area contributed by atoms with Gasteiger partial charge in [-0.1, -0.05) is 61.8 Å². The Morgan fingerprint density at radius 2 is 1.81 bits per heavy atom. The standard InChI is InChI=1S/C24H30ClFN2O2S/c1-4-17(3)27-24(30)22(5-2)28(14-18-10-7-6-8-11-18)23(29)16-31-15-19-20(25)12-9-13-21(19)26/h6-13,17,22H,4-5,14-16H2,1-3H3,(H,27,30)/t17-,22+/m1/s1. The molecule has 2 rings (SSSR count). The van der Waals surface area contributed by atoms with Crippen LogP contribution in [0.3, 0.4) is 0 Å². The number of nitrogens with zero attached hydrogens (tertiary/aromatic N) is 1. The van der Waals surface area contributed by atoms with Crippen molar-refractivity contribution in [3.63, 3.8) is 0 Å². The second kappa shape index (κ2) is 12.7. The Balaban J connectivity index is 2.14. The fourth-order valence-electron chi connectivity index (χ4n) is 3.13. The predicted octanol–water partition coefficient (Wildman–Crippen LogP) is 5.43. The quantitative estimate of drug-likeness (QED) is 0.482. The van der Waals surface area contributed by atoms with Crippen LogP contribution in [0.1, 0.15) is 44.7 Å². The molecule has 0 aromatic heterocycles. The van der Waals surface area contributed by atoms with E-state index in [2.05, 4.69) is 5.32 Å². The maximum absolute atomic E-state index is 14.0. The Labute approximate surface area is 193 Å². The average molecular weight is 465 g/mol. The second-order valence-electron chi connectivity index (χ2n) is 7.44. The van der Waals surface area contributed by atoms with Crippen molar-refractivity contribution >= 4 is 35.2 Å². The lowest BCUT2D eigenvalue weighted by atomic mass is 10.1. The smallest absolute Gasteiger partial charge is 0.243 e. The zero-order valence-electron chi connectivity index (χ0n) is 18.2. The van der Waals surface area contributed by atoms with Gasteiger partial charge in [-0.05, 0) is 37.5 Å². The minimum absolute atomic E-state index is 0.0350. The van der Waals surface area contributed by atoms with Crippen molar-refractivity contribution in [3.8, 4) is 0 Å². The number of hydrogen-bond acceptors (Lipinski definition) is 3. The highest BCUT2D eigenvalue weighted by atomic mass is 35.5. The summed E-state index contributed by atoms with van der Waals surface area (Å²) >= 11 is 7.38. The van der Waals surface area contributed by atoms with Gasteiger partial charge in [-0.2, -0.15) is 0 Å². The molecule has 168 valence electrons. The number of halogens is 2. The third-order valence-electron chi connectivity index (χ3n) is 5.12. The highest BCUT2D eigenvalue weighted by Gasteiger charge is 2.29. The number of hydrogen-bond donors (Lipinski definition) is 1. The fraction of sp³-hybridized carbons (Fsp3) is 0.417. The van der Waals surface area contributed by atoms with Gasteiger partial charge in [0.15, 0.2) is 0 Å². The summed E-state index contributed by atoms with van der Waals surface area (Å²) in [6.07, 6.45) is 1.32. The highest BCUT2D eigenvalue weighted by Crippen LogP contribution is 2.24. The molecule has 4 nitrogen and oxygen atoms in total. The van der Waals surface area contributed by atoms with Crippen LogP contribution in [-0.4, -0.2) is 34.6 Å². The van der Waals surface area contributed by atoms with E-state index in [-0.39, 0.29) is 35.2 Å². The van der Waals surface area contributed by atoms with Crippen LogP contribution in [0.4, 0.5) is 4.39 Å². The third kappa shape index (κ3) is 7.54. The zero-order valence-corrected chi connectivity index (χ0v) is 19.8. The van der Waals surface area contributed by atoms with E-state index < -0.39 is 6.04 Å². The topological polar surface area (TPSA) is 49.4 Å². The summed E-state index contributed by atoms with van der Waals surface area (Å²) in [6.45, 7) is 6.19. The van der Waals surface area contributed by atoms with E-state index in [0.717, 1.165) is 12.0 Å². The largest absolute Gasteiger partial charge is 0.352 e. The SMILES string of the molecule is CC[C@@H](C)NC(=O)[C@H](CC)N(Cc1ccccc1)C(=O)CSCc1c(F)cccc1Cl. The van der Waals surface area contributed by atoms with E-state index >= 15 is 0 Å². The van der Waals surface area contributed by atoms with E-state index in [1.165, 1.54) is 17.8 Å². The molecule has 0 saturated carbocycles. The van der Waals surface area contributed by atoms with Crippen LogP contribution in [0.5, 0.6) is 0 Å². The van der Waals surface area contributed by atoms with Gasteiger partial charge in [0.05, 0.1) is 5.75 Å². The predicted molar refractivity (Wildman–Crippen MR) is 127 cm³/mol. The van der Waals surface area contributed by atoms with Crippen LogP contribution in [0.2, 0.25) is 5.02 Å². The molecule has 2 aromatic carbocycles. The molecule has 1 N–H and O–H groups in total. The fourth-order valence-corrected chi connectivity index (χ4v) is 4.38. The molecule has 0 radical (unpaired) electrons. The summed E-state index contributed by atoms with van der Waals surface area (Å²) in [6, 6.07) is 13.6. The van der Waals surface area contributed by atoms with Crippen molar-refractivity contribution in [3.05, 3.63) is 70.5 Å². The number of carbonyl (C=O) groups excluding carboxylic acids is 2. The maximum atomic E-state index is 14.0. The molecule has 7 heteroatoms. The molecule has 0 aliphatic carbocycles. The first-order chi connectivity index (χ1) is 14.9. The first-order valence-corrected chi connectivity index (χ1v) is 12.0. The Hall–Kier alpha value is -2.05. The minimum Gasteiger partial charge on any atom is -0.352 e. The molecule has 0 saturated heterocycles. The molecular formula is C24H30ClFN2O2S. The maximum Gasteiger partial charge on any atom is 0.243 e. The van der Waals surface area contributed by atoms with Crippen molar-refractivity contribution in [2.24, 2.45) is 0 Å². The Morgan fingerprint density at radius 3 is 2.42 bits per heavy atom. The monoisotopic (exact) mass is 464 g/mol. The van der Waals surface area contributed by atoms with Crippen molar-refractivity contribution in [1.82, 2.24) is 10.2 Å². The number of rotatable bonds is 11. The van der Waals surface area contributed by atoms with E-state index in [4.69, 9.17) is 11.6 Å². The van der Waals surface area contributed by atoms with Crippen LogP contribution in [0, 0.1) is 5.82 Å². The molecule has 0 bridgehead atoms. The van der Waals surface area contributed by atoms with E-state index in [9.17, 15) is 14.0 Å². The number of thioether (sulfide) groups is 1. The molecule has 0 fully saturated rings. The zero-order chi connectivity index (χ0) is 22.8. The van der Waals surface area contributed by atoms with Crippen LogP contribution < -0.4 is 5.32 Å². The number of carbonyl (C=O) groups is 2. The molecule has 2 atom stereocenters. The van der Waals surface area contributed by atoms with E-state index in [0.29, 0.717) is 23.6 Å². The molecule has 0 aliphatic rings. The van der Waals surface area contributed by atoms with Gasteiger partial charge in [0.25, 0.3) is 0 Å². The molecule has 2 aromatic rings. The van der Waals surface area contributed by atoms with Gasteiger partial charge in [-0.3, -0.25) is 9.59 Å². The van der Waals surface area contributed by atoms with Gasteiger partial charge >= 0.3 is 0 Å². The Morgan fingerprint density at radius 1 is 1.10 bits per heavy atom. The summed E-state index contributed by atoms with van der Waals surface area (Å²) in [5.41, 5.74) is 1.34. The van der Waals surface area contributed by atoms with Crippen molar-refractivity contribution in [2.75, 3.05) is 5.75 Å². The van der Waals surface area contributed by atoms with Gasteiger partial charge in [-0.25, -0.2) is 4.39 Å². The van der Waals surface area contributed by atoms with Crippen LogP contribution >= 0.6 is 23.4 Å². The van der Waals surface area contributed by atoms with Crippen LogP contribution in [0.15, 0.2) is 48.5 Å². The van der Waals surface area contributed by atoms with Gasteiger partial charge in [0.2, 0.25) is 11.8 Å².